The van der Waals surface area contributed by atoms with E-state index >= 15 is 0 Å². The molecule has 21 heavy (non-hydrogen) atoms. The van der Waals surface area contributed by atoms with Crippen LogP contribution in [0.25, 0.3) is 0 Å². The molecule has 0 spiro atoms. The van der Waals surface area contributed by atoms with Crippen molar-refractivity contribution in [3.63, 3.8) is 0 Å². The molecule has 0 aromatic carbocycles. The largest absolute Gasteiger partial charge is 0.468 e. The van der Waals surface area contributed by atoms with Gasteiger partial charge in [-0.2, -0.15) is 0 Å². The van der Waals surface area contributed by atoms with E-state index in [9.17, 15) is 4.79 Å². The Balaban J connectivity index is 2.26. The van der Waals surface area contributed by atoms with E-state index in [1.165, 1.54) is 38.5 Å². The highest BCUT2D eigenvalue weighted by Gasteiger charge is 2.52. The monoisotopic (exact) mass is 295 g/mol. The van der Waals surface area contributed by atoms with Crippen molar-refractivity contribution in [2.75, 3.05) is 7.11 Å². The van der Waals surface area contributed by atoms with Crippen LogP contribution < -0.4 is 5.32 Å². The molecule has 0 amide bonds. The molecule has 2 aliphatic carbocycles. The van der Waals surface area contributed by atoms with E-state index < -0.39 is 5.54 Å². The Morgan fingerprint density at radius 3 is 2.24 bits per heavy atom. The molecule has 0 aliphatic heterocycles. The molecule has 0 saturated heterocycles. The van der Waals surface area contributed by atoms with Crippen molar-refractivity contribution < 1.29 is 9.53 Å². The average Bonchev–Trinajstić information content (AvgIpc) is 2.46. The molecular weight excluding hydrogens is 262 g/mol. The topological polar surface area (TPSA) is 38.3 Å². The van der Waals surface area contributed by atoms with Crippen LogP contribution in [-0.2, 0) is 9.53 Å². The van der Waals surface area contributed by atoms with E-state index in [0.717, 1.165) is 19.3 Å². The SMILES string of the molecule is COC(=O)C1(NC2CCCCC2)CCCCC1C(C)(C)C. The number of hydrogen-bond acceptors (Lipinski definition) is 3. The Morgan fingerprint density at radius 1 is 1.05 bits per heavy atom. The van der Waals surface area contributed by atoms with E-state index in [4.69, 9.17) is 4.74 Å². The summed E-state index contributed by atoms with van der Waals surface area (Å²) in [6, 6.07) is 0.487. The van der Waals surface area contributed by atoms with Crippen molar-refractivity contribution in [1.82, 2.24) is 5.32 Å². The highest BCUT2D eigenvalue weighted by atomic mass is 16.5. The van der Waals surface area contributed by atoms with Crippen LogP contribution in [0.3, 0.4) is 0 Å². The maximum Gasteiger partial charge on any atom is 0.326 e. The zero-order valence-electron chi connectivity index (χ0n) is 14.3. The van der Waals surface area contributed by atoms with E-state index in [-0.39, 0.29) is 11.4 Å². The molecule has 0 bridgehead atoms. The first-order chi connectivity index (χ1) is 9.90. The van der Waals surface area contributed by atoms with Crippen LogP contribution in [0.2, 0.25) is 0 Å². The first-order valence-corrected chi connectivity index (χ1v) is 8.76. The summed E-state index contributed by atoms with van der Waals surface area (Å²) in [5, 5.41) is 3.80. The number of carbonyl (C=O) groups excluding carboxylic acids is 1. The molecule has 2 aliphatic rings. The summed E-state index contributed by atoms with van der Waals surface area (Å²) < 4.78 is 5.26. The van der Waals surface area contributed by atoms with Crippen LogP contribution in [0, 0.1) is 11.3 Å². The molecule has 2 atom stereocenters. The molecule has 0 heterocycles. The first-order valence-electron chi connectivity index (χ1n) is 8.76. The van der Waals surface area contributed by atoms with Gasteiger partial charge in [0.05, 0.1) is 7.11 Å². The maximum absolute atomic E-state index is 12.7. The Bertz CT molecular complexity index is 355. The minimum absolute atomic E-state index is 0.0345. The minimum Gasteiger partial charge on any atom is -0.468 e. The zero-order chi connectivity index (χ0) is 15.5. The van der Waals surface area contributed by atoms with E-state index in [1.807, 2.05) is 0 Å². The summed E-state index contributed by atoms with van der Waals surface area (Å²) in [4.78, 5) is 12.7. The number of nitrogens with one attached hydrogen (secondary N) is 1. The Labute approximate surface area is 130 Å². The molecule has 0 radical (unpaired) electrons. The Kier molecular flexibility index (Phi) is 5.34. The van der Waals surface area contributed by atoms with Crippen molar-refractivity contribution >= 4 is 5.97 Å². The van der Waals surface area contributed by atoms with Crippen molar-refractivity contribution in [3.8, 4) is 0 Å². The van der Waals surface area contributed by atoms with Crippen molar-refractivity contribution in [3.05, 3.63) is 0 Å². The first kappa shape index (κ1) is 16.8. The van der Waals surface area contributed by atoms with E-state index in [1.54, 1.807) is 7.11 Å². The molecule has 3 nitrogen and oxygen atoms in total. The molecule has 122 valence electrons. The van der Waals surface area contributed by atoms with Gasteiger partial charge in [0.2, 0.25) is 0 Å². The van der Waals surface area contributed by atoms with Gasteiger partial charge in [-0.3, -0.25) is 10.1 Å². The van der Waals surface area contributed by atoms with Gasteiger partial charge in [0.15, 0.2) is 0 Å². The van der Waals surface area contributed by atoms with Crippen LogP contribution >= 0.6 is 0 Å². The predicted molar refractivity (Wildman–Crippen MR) is 86.2 cm³/mol. The smallest absolute Gasteiger partial charge is 0.326 e. The van der Waals surface area contributed by atoms with Crippen molar-refractivity contribution in [1.29, 1.82) is 0 Å². The number of esters is 1. The minimum atomic E-state index is -0.465. The van der Waals surface area contributed by atoms with Crippen LogP contribution in [0.5, 0.6) is 0 Å². The molecule has 0 aromatic rings. The quantitative estimate of drug-likeness (QED) is 0.798. The third kappa shape index (κ3) is 3.61. The Morgan fingerprint density at radius 2 is 1.67 bits per heavy atom. The fourth-order valence-corrected chi connectivity index (χ4v) is 4.61. The molecule has 2 unspecified atom stereocenters. The van der Waals surface area contributed by atoms with Gasteiger partial charge in [-0.1, -0.05) is 52.9 Å². The van der Waals surface area contributed by atoms with Crippen LogP contribution in [-0.4, -0.2) is 24.7 Å². The molecular formula is C18H33NO2. The second-order valence-electron chi connectivity index (χ2n) is 8.11. The third-order valence-electron chi connectivity index (χ3n) is 5.57. The highest BCUT2D eigenvalue weighted by molar-refractivity contribution is 5.81. The van der Waals surface area contributed by atoms with Gasteiger partial charge < -0.3 is 4.74 Å². The van der Waals surface area contributed by atoms with Gasteiger partial charge in [-0.05, 0) is 37.0 Å². The fourth-order valence-electron chi connectivity index (χ4n) is 4.61. The third-order valence-corrected chi connectivity index (χ3v) is 5.57. The number of hydrogen-bond donors (Lipinski definition) is 1. The summed E-state index contributed by atoms with van der Waals surface area (Å²) in [6.07, 6.45) is 10.7. The molecule has 3 heteroatoms. The predicted octanol–water partition coefficient (Wildman–Crippen LogP) is 4.06. The van der Waals surface area contributed by atoms with Gasteiger partial charge in [0.25, 0.3) is 0 Å². The van der Waals surface area contributed by atoms with Crippen molar-refractivity contribution in [2.45, 2.75) is 90.1 Å². The summed E-state index contributed by atoms with van der Waals surface area (Å²) in [6.45, 7) is 6.80. The van der Waals surface area contributed by atoms with Gasteiger partial charge in [0.1, 0.15) is 5.54 Å². The normalized spacial score (nSPS) is 31.9. The summed E-state index contributed by atoms with van der Waals surface area (Å²) in [5.41, 5.74) is -0.344. The molecule has 2 saturated carbocycles. The van der Waals surface area contributed by atoms with E-state index in [0.29, 0.717) is 12.0 Å². The average molecular weight is 295 g/mol. The molecule has 1 N–H and O–H groups in total. The van der Waals surface area contributed by atoms with Crippen LogP contribution in [0.1, 0.15) is 78.6 Å². The maximum atomic E-state index is 12.7. The molecule has 2 fully saturated rings. The summed E-state index contributed by atoms with van der Waals surface area (Å²) >= 11 is 0. The Hall–Kier alpha value is -0.570. The second kappa shape index (κ2) is 6.68. The van der Waals surface area contributed by atoms with E-state index in [2.05, 4.69) is 26.1 Å². The van der Waals surface area contributed by atoms with Crippen LogP contribution in [0.4, 0.5) is 0 Å². The zero-order valence-corrected chi connectivity index (χ0v) is 14.3. The lowest BCUT2D eigenvalue weighted by Crippen LogP contribution is -2.64. The number of methoxy groups -OCH3 is 1. The van der Waals surface area contributed by atoms with Gasteiger partial charge in [0, 0.05) is 6.04 Å². The molecule has 2 rings (SSSR count). The standard InChI is InChI=1S/C18H33NO2/c1-17(2,3)15-12-8-9-13-18(15,16(20)21-4)19-14-10-6-5-7-11-14/h14-15,19H,5-13H2,1-4H3. The summed E-state index contributed by atoms with van der Waals surface area (Å²) in [7, 11) is 1.54. The van der Waals surface area contributed by atoms with Gasteiger partial charge >= 0.3 is 5.97 Å². The van der Waals surface area contributed by atoms with Crippen molar-refractivity contribution in [2.24, 2.45) is 11.3 Å². The van der Waals surface area contributed by atoms with Gasteiger partial charge in [-0.25, -0.2) is 0 Å². The fraction of sp³-hybridized carbons (Fsp3) is 0.944. The number of carbonyl (C=O) groups is 1. The number of rotatable bonds is 3. The number of ether oxygens (including phenoxy) is 1. The second-order valence-corrected chi connectivity index (χ2v) is 8.11. The van der Waals surface area contributed by atoms with Crippen LogP contribution in [0.15, 0.2) is 0 Å². The highest BCUT2D eigenvalue weighted by Crippen LogP contribution is 2.45. The lowest BCUT2D eigenvalue weighted by molar-refractivity contribution is -0.157. The molecule has 0 aromatic heterocycles. The lowest BCUT2D eigenvalue weighted by Gasteiger charge is -2.50. The lowest BCUT2D eigenvalue weighted by atomic mass is 9.61. The van der Waals surface area contributed by atoms with Gasteiger partial charge in [-0.15, -0.1) is 0 Å². The summed E-state index contributed by atoms with van der Waals surface area (Å²) in [5.74, 6) is 0.320.